The van der Waals surface area contributed by atoms with Crippen LogP contribution in [-0.4, -0.2) is 45.8 Å². The predicted molar refractivity (Wildman–Crippen MR) is 99.6 cm³/mol. The van der Waals surface area contributed by atoms with E-state index in [4.69, 9.17) is 4.74 Å². The average molecular weight is 447 g/mol. The number of methoxy groups -OCH3 is 1. The van der Waals surface area contributed by atoms with Crippen LogP contribution in [0.1, 0.15) is 45.4 Å². The third-order valence-corrected chi connectivity index (χ3v) is 5.68. The molecule has 2 rings (SSSR count). The van der Waals surface area contributed by atoms with Crippen molar-refractivity contribution in [2.45, 2.75) is 65.6 Å². The van der Waals surface area contributed by atoms with Crippen molar-refractivity contribution in [3.8, 4) is 0 Å². The Morgan fingerprint density at radius 1 is 1.33 bits per heavy atom. The Labute approximate surface area is 157 Å². The van der Waals surface area contributed by atoms with Crippen LogP contribution in [0.4, 0.5) is 0 Å². The Balaban J connectivity index is 2.18. The third kappa shape index (κ3) is 3.92. The fraction of sp³-hybridized carbons (Fsp3) is 0.706. The number of ether oxygens (including phenoxy) is 1. The molecule has 1 amide bonds. The van der Waals surface area contributed by atoms with Crippen molar-refractivity contribution in [1.29, 1.82) is 0 Å². The van der Waals surface area contributed by atoms with E-state index >= 15 is 0 Å². The van der Waals surface area contributed by atoms with E-state index < -0.39 is 0 Å². The van der Waals surface area contributed by atoms with Crippen LogP contribution in [0.2, 0.25) is 0 Å². The number of nitrogens with zero attached hydrogens (tertiary/aromatic N) is 3. The number of amides is 1. The van der Waals surface area contributed by atoms with Crippen molar-refractivity contribution in [1.82, 2.24) is 14.7 Å². The molecule has 1 unspecified atom stereocenters. The van der Waals surface area contributed by atoms with E-state index in [1.54, 1.807) is 4.68 Å². The number of halogens is 1. The smallest absolute Gasteiger partial charge is 0.309 e. The topological polar surface area (TPSA) is 64.4 Å². The zero-order chi connectivity index (χ0) is 18.0. The Morgan fingerprint density at radius 3 is 2.50 bits per heavy atom. The summed E-state index contributed by atoms with van der Waals surface area (Å²) < 4.78 is 7.64. The fourth-order valence-corrected chi connectivity index (χ4v) is 4.30. The molecule has 0 spiro atoms. The van der Waals surface area contributed by atoms with Crippen LogP contribution in [0, 0.1) is 9.62 Å². The molecule has 6 nitrogen and oxygen atoms in total. The van der Waals surface area contributed by atoms with Crippen LogP contribution in [0.3, 0.4) is 0 Å². The second-order valence-corrected chi connectivity index (χ2v) is 7.85. The van der Waals surface area contributed by atoms with Gasteiger partial charge in [0.1, 0.15) is 10.2 Å². The van der Waals surface area contributed by atoms with Gasteiger partial charge in [0, 0.05) is 24.1 Å². The van der Waals surface area contributed by atoms with E-state index in [1.165, 1.54) is 12.7 Å². The van der Waals surface area contributed by atoms with Crippen molar-refractivity contribution in [3.63, 3.8) is 0 Å². The van der Waals surface area contributed by atoms with E-state index in [9.17, 15) is 9.59 Å². The number of fused-ring (bicyclic) bond motifs is 1. The van der Waals surface area contributed by atoms with Crippen LogP contribution in [0.15, 0.2) is 0 Å². The lowest BCUT2D eigenvalue weighted by molar-refractivity contribution is -0.145. The van der Waals surface area contributed by atoms with Crippen molar-refractivity contribution in [3.05, 3.63) is 15.0 Å². The monoisotopic (exact) mass is 447 g/mol. The fourth-order valence-electron chi connectivity index (χ4n) is 3.44. The molecular weight excluding hydrogens is 421 g/mol. The Hall–Kier alpha value is -1.12. The quantitative estimate of drug-likeness (QED) is 0.514. The van der Waals surface area contributed by atoms with Gasteiger partial charge in [0.2, 0.25) is 5.91 Å². The van der Waals surface area contributed by atoms with Gasteiger partial charge in [-0.15, -0.1) is 0 Å². The lowest BCUT2D eigenvalue weighted by Crippen LogP contribution is -2.44. The molecule has 0 aliphatic heterocycles. The summed E-state index contributed by atoms with van der Waals surface area (Å²) in [4.78, 5) is 26.3. The van der Waals surface area contributed by atoms with Gasteiger partial charge < -0.3 is 9.64 Å². The average Bonchev–Trinajstić information content (AvgIpc) is 2.81. The van der Waals surface area contributed by atoms with Gasteiger partial charge in [-0.1, -0.05) is 0 Å². The summed E-state index contributed by atoms with van der Waals surface area (Å²) in [5.74, 6) is -0.227. The first-order valence-electron chi connectivity index (χ1n) is 8.39. The second-order valence-electron chi connectivity index (χ2n) is 6.83. The van der Waals surface area contributed by atoms with Crippen LogP contribution in [0.25, 0.3) is 0 Å². The highest BCUT2D eigenvalue weighted by molar-refractivity contribution is 14.1. The molecule has 0 saturated heterocycles. The zero-order valence-corrected chi connectivity index (χ0v) is 17.2. The van der Waals surface area contributed by atoms with Gasteiger partial charge in [0.25, 0.3) is 0 Å². The molecule has 1 atom stereocenters. The number of carbonyl (C=O) groups is 2. The molecule has 0 bridgehead atoms. The highest BCUT2D eigenvalue weighted by Gasteiger charge is 2.30. The van der Waals surface area contributed by atoms with Gasteiger partial charge in [-0.2, -0.15) is 5.10 Å². The molecule has 1 aromatic rings. The van der Waals surface area contributed by atoms with Gasteiger partial charge in [-0.3, -0.25) is 9.59 Å². The van der Waals surface area contributed by atoms with E-state index in [2.05, 4.69) is 27.7 Å². The van der Waals surface area contributed by atoms with E-state index in [1.807, 2.05) is 32.6 Å². The normalized spacial score (nSPS) is 17.1. The van der Waals surface area contributed by atoms with Gasteiger partial charge in [0.15, 0.2) is 0 Å². The summed E-state index contributed by atoms with van der Waals surface area (Å²) in [6.07, 6.45) is 2.18. The number of esters is 1. The molecule has 0 radical (unpaired) electrons. The second kappa shape index (κ2) is 7.84. The number of carbonyl (C=O) groups excluding carboxylic acids is 2. The predicted octanol–water partition coefficient (Wildman–Crippen LogP) is 2.41. The Morgan fingerprint density at radius 2 is 1.96 bits per heavy atom. The molecule has 1 aliphatic rings. The summed E-state index contributed by atoms with van der Waals surface area (Å²) in [6.45, 7) is 8.34. The molecule has 0 N–H and O–H groups in total. The molecule has 0 saturated carbocycles. The first-order chi connectivity index (χ1) is 11.3. The minimum Gasteiger partial charge on any atom is -0.469 e. The SMILES string of the molecule is COC(=O)C1CCc2c(nn(CC(=O)N(C(C)C)C(C)C)c2I)C1. The minimum atomic E-state index is -0.174. The Kier molecular flexibility index (Phi) is 6.28. The summed E-state index contributed by atoms with van der Waals surface area (Å²) in [6, 6.07) is 0.313. The maximum absolute atomic E-state index is 12.7. The zero-order valence-electron chi connectivity index (χ0n) is 15.0. The van der Waals surface area contributed by atoms with Crippen molar-refractivity contribution >= 4 is 34.5 Å². The van der Waals surface area contributed by atoms with Crippen molar-refractivity contribution in [2.24, 2.45) is 5.92 Å². The Bertz CT molecular complexity index is 617. The van der Waals surface area contributed by atoms with Gasteiger partial charge in [-0.05, 0) is 63.1 Å². The van der Waals surface area contributed by atoms with Crippen molar-refractivity contribution < 1.29 is 14.3 Å². The number of hydrogen-bond donors (Lipinski definition) is 0. The summed E-state index contributed by atoms with van der Waals surface area (Å²) in [5.41, 5.74) is 2.10. The van der Waals surface area contributed by atoms with Crippen LogP contribution in [0.5, 0.6) is 0 Å². The van der Waals surface area contributed by atoms with Crippen LogP contribution >= 0.6 is 22.6 Å². The standard InChI is InChI=1S/C17H26IN3O3/c1-10(2)21(11(3)4)15(22)9-20-16(18)13-7-6-12(17(23)24-5)8-14(13)19-20/h10-12H,6-9H2,1-5H3. The summed E-state index contributed by atoms with van der Waals surface area (Å²) in [5, 5.41) is 4.61. The summed E-state index contributed by atoms with van der Waals surface area (Å²) in [7, 11) is 1.42. The molecule has 0 fully saturated rings. The molecule has 1 heterocycles. The lowest BCUT2D eigenvalue weighted by atomic mass is 9.88. The van der Waals surface area contributed by atoms with E-state index in [0.717, 1.165) is 22.2 Å². The molecule has 0 aromatic carbocycles. The largest absolute Gasteiger partial charge is 0.469 e. The van der Waals surface area contributed by atoms with Gasteiger partial charge in [-0.25, -0.2) is 4.68 Å². The molecule has 134 valence electrons. The maximum Gasteiger partial charge on any atom is 0.309 e. The molecule has 24 heavy (non-hydrogen) atoms. The highest BCUT2D eigenvalue weighted by atomic mass is 127. The van der Waals surface area contributed by atoms with Gasteiger partial charge >= 0.3 is 5.97 Å². The van der Waals surface area contributed by atoms with Crippen LogP contribution in [-0.2, 0) is 33.7 Å². The van der Waals surface area contributed by atoms with Crippen molar-refractivity contribution in [2.75, 3.05) is 7.11 Å². The highest BCUT2D eigenvalue weighted by Crippen LogP contribution is 2.29. The molecule has 1 aliphatic carbocycles. The summed E-state index contributed by atoms with van der Waals surface area (Å²) >= 11 is 2.26. The van der Waals surface area contributed by atoms with E-state index in [-0.39, 0.29) is 36.4 Å². The first kappa shape index (κ1) is 19.2. The number of hydrogen-bond acceptors (Lipinski definition) is 4. The first-order valence-corrected chi connectivity index (χ1v) is 9.47. The maximum atomic E-state index is 12.7. The molecule has 7 heteroatoms. The number of aromatic nitrogens is 2. The van der Waals surface area contributed by atoms with E-state index in [0.29, 0.717) is 6.42 Å². The third-order valence-electron chi connectivity index (χ3n) is 4.47. The van der Waals surface area contributed by atoms with Crippen LogP contribution < -0.4 is 0 Å². The number of rotatable bonds is 5. The molecular formula is C17H26IN3O3. The van der Waals surface area contributed by atoms with Gasteiger partial charge in [0.05, 0.1) is 18.7 Å². The minimum absolute atomic E-state index is 0.0716. The lowest BCUT2D eigenvalue weighted by Gasteiger charge is -2.30. The molecule has 1 aromatic heterocycles.